The van der Waals surface area contributed by atoms with Crippen LogP contribution in [0.3, 0.4) is 0 Å². The van der Waals surface area contributed by atoms with Crippen molar-refractivity contribution in [3.63, 3.8) is 0 Å². The Morgan fingerprint density at radius 1 is 1.28 bits per heavy atom. The number of fused-ring (bicyclic) bond motifs is 1. The number of nitrogens with two attached hydrogens (primary N) is 1. The molecule has 1 saturated carbocycles. The molecule has 94 valence electrons. The molecule has 1 aromatic carbocycles. The molecule has 0 radical (unpaired) electrons. The number of hydrogen-bond donors (Lipinski definition) is 1. The van der Waals surface area contributed by atoms with Gasteiger partial charge in [0, 0.05) is 23.5 Å². The summed E-state index contributed by atoms with van der Waals surface area (Å²) in [5.74, 6) is 0. The van der Waals surface area contributed by atoms with Gasteiger partial charge in [-0.25, -0.2) is 0 Å². The molecule has 0 atom stereocenters. The Morgan fingerprint density at radius 2 is 2.06 bits per heavy atom. The van der Waals surface area contributed by atoms with Crippen molar-refractivity contribution in [1.82, 2.24) is 4.98 Å². The quantitative estimate of drug-likeness (QED) is 0.895. The van der Waals surface area contributed by atoms with E-state index in [0.717, 1.165) is 10.9 Å². The summed E-state index contributed by atoms with van der Waals surface area (Å²) in [5, 5.41) is 1.83. The Balaban J connectivity index is 2.13. The third-order valence-electron chi connectivity index (χ3n) is 4.23. The van der Waals surface area contributed by atoms with Crippen LogP contribution in [0.1, 0.15) is 31.2 Å². The Labute approximate surface area is 112 Å². The van der Waals surface area contributed by atoms with Gasteiger partial charge in [-0.3, -0.25) is 4.98 Å². The molecule has 2 aromatic rings. The Bertz CT molecular complexity index is 574. The van der Waals surface area contributed by atoms with Gasteiger partial charge in [0.25, 0.3) is 0 Å². The lowest BCUT2D eigenvalue weighted by Crippen LogP contribution is -2.32. The van der Waals surface area contributed by atoms with Crippen LogP contribution in [0.15, 0.2) is 30.5 Å². The molecule has 0 amide bonds. The molecule has 1 fully saturated rings. The minimum Gasteiger partial charge on any atom is -0.330 e. The first kappa shape index (κ1) is 11.9. The fourth-order valence-corrected chi connectivity index (χ4v) is 3.31. The van der Waals surface area contributed by atoms with Crippen LogP contribution in [0.2, 0.25) is 5.02 Å². The molecule has 0 aliphatic heterocycles. The van der Waals surface area contributed by atoms with Crippen molar-refractivity contribution in [3.8, 4) is 0 Å². The lowest BCUT2D eigenvalue weighted by Gasteiger charge is -2.27. The van der Waals surface area contributed by atoms with E-state index in [0.29, 0.717) is 11.6 Å². The zero-order valence-corrected chi connectivity index (χ0v) is 11.1. The predicted molar refractivity (Wildman–Crippen MR) is 76.0 cm³/mol. The third kappa shape index (κ3) is 1.80. The Kier molecular flexibility index (Phi) is 3.00. The number of aromatic nitrogens is 1. The van der Waals surface area contributed by atoms with Crippen LogP contribution in [0.4, 0.5) is 0 Å². The fourth-order valence-electron chi connectivity index (χ4n) is 3.08. The first-order chi connectivity index (χ1) is 8.75. The number of rotatable bonds is 2. The zero-order chi connectivity index (χ0) is 12.6. The zero-order valence-electron chi connectivity index (χ0n) is 10.3. The van der Waals surface area contributed by atoms with Crippen molar-refractivity contribution >= 4 is 22.5 Å². The third-order valence-corrected chi connectivity index (χ3v) is 4.53. The summed E-state index contributed by atoms with van der Waals surface area (Å²) in [4.78, 5) is 4.53. The first-order valence-electron chi connectivity index (χ1n) is 6.50. The lowest BCUT2D eigenvalue weighted by atomic mass is 9.79. The average molecular weight is 261 g/mol. The Hall–Kier alpha value is -1.12. The van der Waals surface area contributed by atoms with Crippen molar-refractivity contribution in [3.05, 3.63) is 41.0 Å². The Morgan fingerprint density at radius 3 is 2.78 bits per heavy atom. The molecule has 0 bridgehead atoms. The summed E-state index contributed by atoms with van der Waals surface area (Å²) < 4.78 is 0. The van der Waals surface area contributed by atoms with E-state index < -0.39 is 0 Å². The summed E-state index contributed by atoms with van der Waals surface area (Å²) in [7, 11) is 0. The molecule has 0 unspecified atom stereocenters. The molecule has 0 spiro atoms. The SMILES string of the molecule is NCC1(c2cnc3c(Cl)cccc3c2)CCCC1. The number of nitrogens with zero attached hydrogens (tertiary/aromatic N) is 1. The van der Waals surface area contributed by atoms with Crippen LogP contribution in [-0.4, -0.2) is 11.5 Å². The molecule has 0 saturated heterocycles. The number of hydrogen-bond acceptors (Lipinski definition) is 2. The molecule has 1 aliphatic rings. The molecule has 18 heavy (non-hydrogen) atoms. The molecule has 3 heteroatoms. The smallest absolute Gasteiger partial charge is 0.0888 e. The minimum absolute atomic E-state index is 0.142. The summed E-state index contributed by atoms with van der Waals surface area (Å²) in [6.45, 7) is 0.709. The van der Waals surface area contributed by atoms with E-state index in [1.54, 1.807) is 0 Å². The van der Waals surface area contributed by atoms with Crippen LogP contribution in [-0.2, 0) is 5.41 Å². The van der Waals surface area contributed by atoms with E-state index in [9.17, 15) is 0 Å². The molecular weight excluding hydrogens is 244 g/mol. The summed E-state index contributed by atoms with van der Waals surface area (Å²) in [6, 6.07) is 8.13. The van der Waals surface area contributed by atoms with Gasteiger partial charge >= 0.3 is 0 Å². The monoisotopic (exact) mass is 260 g/mol. The number of halogens is 1. The fraction of sp³-hybridized carbons (Fsp3) is 0.400. The van der Waals surface area contributed by atoms with Crippen LogP contribution in [0.5, 0.6) is 0 Å². The highest BCUT2D eigenvalue weighted by molar-refractivity contribution is 6.35. The van der Waals surface area contributed by atoms with Gasteiger partial charge in [-0.05, 0) is 30.5 Å². The standard InChI is InChI=1S/C15H17ClN2/c16-13-5-3-4-11-8-12(9-18-14(11)13)15(10-17)6-1-2-7-15/h3-5,8-9H,1-2,6-7,10,17H2. The van der Waals surface area contributed by atoms with E-state index in [1.165, 1.54) is 31.2 Å². The summed E-state index contributed by atoms with van der Waals surface area (Å²) in [6.07, 6.45) is 6.86. The predicted octanol–water partition coefficient (Wildman–Crippen LogP) is 3.66. The van der Waals surface area contributed by atoms with Crippen molar-refractivity contribution in [1.29, 1.82) is 0 Å². The van der Waals surface area contributed by atoms with Crippen LogP contribution in [0, 0.1) is 0 Å². The second-order valence-corrected chi connectivity index (χ2v) is 5.63. The van der Waals surface area contributed by atoms with Gasteiger partial charge in [-0.15, -0.1) is 0 Å². The van der Waals surface area contributed by atoms with Crippen molar-refractivity contribution in [2.24, 2.45) is 5.73 Å². The largest absolute Gasteiger partial charge is 0.330 e. The van der Waals surface area contributed by atoms with Crippen molar-refractivity contribution in [2.75, 3.05) is 6.54 Å². The van der Waals surface area contributed by atoms with E-state index in [4.69, 9.17) is 17.3 Å². The maximum atomic E-state index is 6.15. The van der Waals surface area contributed by atoms with Gasteiger partial charge in [0.1, 0.15) is 0 Å². The highest BCUT2D eigenvalue weighted by atomic mass is 35.5. The second-order valence-electron chi connectivity index (χ2n) is 5.23. The van der Waals surface area contributed by atoms with Crippen LogP contribution >= 0.6 is 11.6 Å². The molecule has 1 aromatic heterocycles. The topological polar surface area (TPSA) is 38.9 Å². The van der Waals surface area contributed by atoms with Crippen LogP contribution < -0.4 is 5.73 Å². The van der Waals surface area contributed by atoms with E-state index in [2.05, 4.69) is 17.1 Å². The average Bonchev–Trinajstić information content (AvgIpc) is 2.89. The van der Waals surface area contributed by atoms with E-state index in [-0.39, 0.29) is 5.41 Å². The van der Waals surface area contributed by atoms with Gasteiger partial charge in [-0.1, -0.05) is 36.6 Å². The molecule has 1 heterocycles. The van der Waals surface area contributed by atoms with Gasteiger partial charge in [0.05, 0.1) is 10.5 Å². The normalized spacial score (nSPS) is 18.3. The van der Waals surface area contributed by atoms with Gasteiger partial charge in [0.15, 0.2) is 0 Å². The molecule has 2 nitrogen and oxygen atoms in total. The number of benzene rings is 1. The second kappa shape index (κ2) is 4.52. The van der Waals surface area contributed by atoms with E-state index in [1.807, 2.05) is 18.3 Å². The van der Waals surface area contributed by atoms with Crippen LogP contribution in [0.25, 0.3) is 10.9 Å². The van der Waals surface area contributed by atoms with E-state index >= 15 is 0 Å². The maximum Gasteiger partial charge on any atom is 0.0888 e. The highest BCUT2D eigenvalue weighted by Crippen LogP contribution is 2.40. The highest BCUT2D eigenvalue weighted by Gasteiger charge is 2.34. The number of para-hydroxylation sites is 1. The number of pyridine rings is 1. The van der Waals surface area contributed by atoms with Gasteiger partial charge < -0.3 is 5.73 Å². The first-order valence-corrected chi connectivity index (χ1v) is 6.88. The van der Waals surface area contributed by atoms with Crippen molar-refractivity contribution < 1.29 is 0 Å². The minimum atomic E-state index is 0.142. The van der Waals surface area contributed by atoms with Gasteiger partial charge in [-0.2, -0.15) is 0 Å². The van der Waals surface area contributed by atoms with Gasteiger partial charge in [0.2, 0.25) is 0 Å². The molecule has 3 rings (SSSR count). The lowest BCUT2D eigenvalue weighted by molar-refractivity contribution is 0.452. The van der Waals surface area contributed by atoms with Crippen molar-refractivity contribution in [2.45, 2.75) is 31.1 Å². The summed E-state index contributed by atoms with van der Waals surface area (Å²) in [5.41, 5.74) is 8.32. The summed E-state index contributed by atoms with van der Waals surface area (Å²) >= 11 is 6.15. The molecule has 1 aliphatic carbocycles. The molecule has 2 N–H and O–H groups in total. The maximum absolute atomic E-state index is 6.15. The molecular formula is C15H17ClN2.